The first-order valence-corrected chi connectivity index (χ1v) is 5.67. The number of rotatable bonds is 3. The molecule has 0 bridgehead atoms. The molecule has 0 aromatic rings. The minimum absolute atomic E-state index is 0.0394. The molecule has 0 aliphatic carbocycles. The first kappa shape index (κ1) is 12.5. The molecular formula is C11H22N2O2. The van der Waals surface area contributed by atoms with E-state index in [1.165, 1.54) is 0 Å². The molecule has 0 saturated carbocycles. The summed E-state index contributed by atoms with van der Waals surface area (Å²) >= 11 is 0. The van der Waals surface area contributed by atoms with Gasteiger partial charge in [-0.25, -0.2) is 0 Å². The molecule has 2 N–H and O–H groups in total. The van der Waals surface area contributed by atoms with Gasteiger partial charge in [-0.2, -0.15) is 0 Å². The maximum Gasteiger partial charge on any atom is 0.239 e. The molecule has 0 aromatic carbocycles. The number of hydrogen-bond acceptors (Lipinski definition) is 3. The van der Waals surface area contributed by atoms with Crippen LogP contribution in [0.2, 0.25) is 0 Å². The molecule has 15 heavy (non-hydrogen) atoms. The van der Waals surface area contributed by atoms with Gasteiger partial charge < -0.3 is 10.4 Å². The summed E-state index contributed by atoms with van der Waals surface area (Å²) in [5, 5.41) is 12.1. The van der Waals surface area contributed by atoms with Crippen LogP contribution >= 0.6 is 0 Å². The van der Waals surface area contributed by atoms with Crippen molar-refractivity contribution in [1.82, 2.24) is 10.2 Å². The van der Waals surface area contributed by atoms with Gasteiger partial charge in [-0.05, 0) is 11.8 Å². The predicted octanol–water partition coefficient (Wildman–Crippen LogP) is 0.0712. The summed E-state index contributed by atoms with van der Waals surface area (Å²) in [6, 6.07) is -0.364. The number of aliphatic hydroxyl groups excluding tert-OH is 1. The maximum absolute atomic E-state index is 11.7. The van der Waals surface area contributed by atoms with E-state index in [-0.39, 0.29) is 18.6 Å². The van der Waals surface area contributed by atoms with Crippen LogP contribution in [0.5, 0.6) is 0 Å². The number of nitrogens with zero attached hydrogens (tertiary/aromatic N) is 1. The van der Waals surface area contributed by atoms with Crippen LogP contribution in [0, 0.1) is 11.8 Å². The standard InChI is InChI=1S/C11H22N2O2/c1-8(2)5-13-6-9(3)4-12-11(15)10(13)7-14/h8-10,14H,4-7H2,1-3H3,(H,12,15). The van der Waals surface area contributed by atoms with Crippen molar-refractivity contribution < 1.29 is 9.90 Å². The summed E-state index contributed by atoms with van der Waals surface area (Å²) < 4.78 is 0. The third kappa shape index (κ3) is 3.47. The molecule has 1 rings (SSSR count). The first-order chi connectivity index (χ1) is 7.04. The third-order valence-electron chi connectivity index (χ3n) is 2.69. The second kappa shape index (κ2) is 5.47. The molecule has 2 unspecified atom stereocenters. The molecular weight excluding hydrogens is 192 g/mol. The van der Waals surface area contributed by atoms with Crippen LogP contribution in [0.3, 0.4) is 0 Å². The minimum Gasteiger partial charge on any atom is -0.394 e. The molecule has 1 heterocycles. The van der Waals surface area contributed by atoms with Crippen LogP contribution in [0.4, 0.5) is 0 Å². The molecule has 4 nitrogen and oxygen atoms in total. The van der Waals surface area contributed by atoms with Gasteiger partial charge in [0.15, 0.2) is 0 Å². The molecule has 88 valence electrons. The van der Waals surface area contributed by atoms with E-state index >= 15 is 0 Å². The molecule has 1 aliphatic heterocycles. The van der Waals surface area contributed by atoms with E-state index in [1.54, 1.807) is 0 Å². The normalized spacial score (nSPS) is 29.0. The Kier molecular flexibility index (Phi) is 4.54. The van der Waals surface area contributed by atoms with Crippen LogP contribution in [0.15, 0.2) is 0 Å². The number of carbonyl (C=O) groups excluding carboxylic acids is 1. The van der Waals surface area contributed by atoms with Gasteiger partial charge in [0, 0.05) is 19.6 Å². The van der Waals surface area contributed by atoms with E-state index in [9.17, 15) is 9.90 Å². The van der Waals surface area contributed by atoms with Crippen molar-refractivity contribution in [3.63, 3.8) is 0 Å². The molecule has 1 amide bonds. The fraction of sp³-hybridized carbons (Fsp3) is 0.909. The third-order valence-corrected chi connectivity index (χ3v) is 2.69. The fourth-order valence-electron chi connectivity index (χ4n) is 2.02. The lowest BCUT2D eigenvalue weighted by atomic mass is 10.1. The Hall–Kier alpha value is -0.610. The van der Waals surface area contributed by atoms with E-state index < -0.39 is 0 Å². The smallest absolute Gasteiger partial charge is 0.239 e. The van der Waals surface area contributed by atoms with E-state index in [1.807, 2.05) is 0 Å². The van der Waals surface area contributed by atoms with Crippen LogP contribution < -0.4 is 5.32 Å². The molecule has 2 atom stereocenters. The minimum atomic E-state index is -0.364. The largest absolute Gasteiger partial charge is 0.394 e. The highest BCUT2D eigenvalue weighted by Gasteiger charge is 2.29. The lowest BCUT2D eigenvalue weighted by Crippen LogP contribution is -2.47. The molecule has 0 aromatic heterocycles. The average Bonchev–Trinajstić information content (AvgIpc) is 2.25. The maximum atomic E-state index is 11.7. The Bertz CT molecular complexity index is 219. The Balaban J connectivity index is 2.71. The van der Waals surface area contributed by atoms with Crippen molar-refractivity contribution in [1.29, 1.82) is 0 Å². The zero-order chi connectivity index (χ0) is 11.4. The van der Waals surface area contributed by atoms with Crippen molar-refractivity contribution in [3.8, 4) is 0 Å². The predicted molar refractivity (Wildman–Crippen MR) is 59.5 cm³/mol. The zero-order valence-corrected chi connectivity index (χ0v) is 9.86. The van der Waals surface area contributed by atoms with Gasteiger partial charge in [-0.3, -0.25) is 9.69 Å². The van der Waals surface area contributed by atoms with Crippen molar-refractivity contribution in [2.45, 2.75) is 26.8 Å². The zero-order valence-electron chi connectivity index (χ0n) is 9.86. The quantitative estimate of drug-likeness (QED) is 0.699. The highest BCUT2D eigenvalue weighted by Crippen LogP contribution is 2.11. The number of aliphatic hydroxyl groups is 1. The summed E-state index contributed by atoms with van der Waals surface area (Å²) in [5.74, 6) is 0.920. The average molecular weight is 214 g/mol. The van der Waals surface area contributed by atoms with Gasteiger partial charge in [0.05, 0.1) is 6.61 Å². The van der Waals surface area contributed by atoms with E-state index in [4.69, 9.17) is 0 Å². The lowest BCUT2D eigenvalue weighted by Gasteiger charge is -2.29. The van der Waals surface area contributed by atoms with Gasteiger partial charge >= 0.3 is 0 Å². The second-order valence-corrected chi connectivity index (χ2v) is 4.90. The van der Waals surface area contributed by atoms with Gasteiger partial charge in [-0.15, -0.1) is 0 Å². The van der Waals surface area contributed by atoms with Crippen molar-refractivity contribution >= 4 is 5.91 Å². The summed E-state index contributed by atoms with van der Waals surface area (Å²) in [6.07, 6.45) is 0. The summed E-state index contributed by atoms with van der Waals surface area (Å²) in [4.78, 5) is 13.8. The Labute approximate surface area is 91.6 Å². The van der Waals surface area contributed by atoms with Crippen LogP contribution in [0.1, 0.15) is 20.8 Å². The molecule has 1 fully saturated rings. The summed E-state index contributed by atoms with van der Waals surface area (Å²) in [5.41, 5.74) is 0. The number of nitrogens with one attached hydrogen (secondary N) is 1. The topological polar surface area (TPSA) is 52.6 Å². The molecule has 1 aliphatic rings. The summed E-state index contributed by atoms with van der Waals surface area (Å²) in [6.45, 7) is 8.73. The van der Waals surface area contributed by atoms with Crippen molar-refractivity contribution in [2.75, 3.05) is 26.2 Å². The van der Waals surface area contributed by atoms with Crippen LogP contribution in [-0.4, -0.2) is 48.2 Å². The first-order valence-electron chi connectivity index (χ1n) is 5.67. The Morgan fingerprint density at radius 2 is 2.27 bits per heavy atom. The SMILES string of the molecule is CC(C)CN1CC(C)CNC(=O)C1CO. The second-order valence-electron chi connectivity index (χ2n) is 4.90. The highest BCUT2D eigenvalue weighted by molar-refractivity contribution is 5.82. The lowest BCUT2D eigenvalue weighted by molar-refractivity contribution is -0.127. The molecule has 1 saturated heterocycles. The Morgan fingerprint density at radius 3 is 2.80 bits per heavy atom. The Morgan fingerprint density at radius 1 is 1.60 bits per heavy atom. The van der Waals surface area contributed by atoms with E-state index in [0.29, 0.717) is 18.4 Å². The monoisotopic (exact) mass is 214 g/mol. The van der Waals surface area contributed by atoms with Gasteiger partial charge in [0.1, 0.15) is 6.04 Å². The highest BCUT2D eigenvalue weighted by atomic mass is 16.3. The molecule has 0 radical (unpaired) electrons. The fourth-order valence-corrected chi connectivity index (χ4v) is 2.02. The van der Waals surface area contributed by atoms with Crippen LogP contribution in [0.25, 0.3) is 0 Å². The number of hydrogen-bond donors (Lipinski definition) is 2. The van der Waals surface area contributed by atoms with E-state index in [2.05, 4.69) is 31.0 Å². The van der Waals surface area contributed by atoms with Gasteiger partial charge in [-0.1, -0.05) is 20.8 Å². The van der Waals surface area contributed by atoms with Crippen LogP contribution in [-0.2, 0) is 4.79 Å². The van der Waals surface area contributed by atoms with Gasteiger partial charge in [0.25, 0.3) is 0 Å². The van der Waals surface area contributed by atoms with E-state index in [0.717, 1.165) is 13.1 Å². The summed E-state index contributed by atoms with van der Waals surface area (Å²) in [7, 11) is 0. The number of carbonyl (C=O) groups is 1. The molecule has 4 heteroatoms. The van der Waals surface area contributed by atoms with Crippen molar-refractivity contribution in [3.05, 3.63) is 0 Å². The van der Waals surface area contributed by atoms with Gasteiger partial charge in [0.2, 0.25) is 5.91 Å². The number of amides is 1. The molecule has 0 spiro atoms. The van der Waals surface area contributed by atoms with Crippen molar-refractivity contribution in [2.24, 2.45) is 11.8 Å².